The summed E-state index contributed by atoms with van der Waals surface area (Å²) < 4.78 is 13.2. The standard InChI is InChI=1S/C14H15FN2O3/c15-12-4-3-10(7-13(12)17(19)20)16-14(18)11-6-8-1-2-9(11)5-8/h3-4,7-9,11H,1-2,5-6H2,(H,16,18)/t8-,9+,11-/m0/s1. The molecule has 6 heteroatoms. The van der Waals surface area contributed by atoms with Crippen LogP contribution < -0.4 is 5.32 Å². The van der Waals surface area contributed by atoms with E-state index >= 15 is 0 Å². The van der Waals surface area contributed by atoms with Crippen molar-refractivity contribution in [1.29, 1.82) is 0 Å². The molecule has 0 unspecified atom stereocenters. The van der Waals surface area contributed by atoms with E-state index in [9.17, 15) is 19.3 Å². The van der Waals surface area contributed by atoms with Gasteiger partial charge in [-0.3, -0.25) is 14.9 Å². The number of fused-ring (bicyclic) bond motifs is 2. The quantitative estimate of drug-likeness (QED) is 0.682. The Hall–Kier alpha value is -1.98. The summed E-state index contributed by atoms with van der Waals surface area (Å²) in [6.07, 6.45) is 4.31. The number of halogens is 1. The molecule has 0 radical (unpaired) electrons. The van der Waals surface area contributed by atoms with Gasteiger partial charge >= 0.3 is 5.69 Å². The first-order valence-electron chi connectivity index (χ1n) is 6.79. The highest BCUT2D eigenvalue weighted by atomic mass is 19.1. The second-order valence-corrected chi connectivity index (χ2v) is 5.69. The predicted octanol–water partition coefficient (Wildman–Crippen LogP) is 3.11. The summed E-state index contributed by atoms with van der Waals surface area (Å²) in [4.78, 5) is 22.1. The minimum atomic E-state index is -0.895. The van der Waals surface area contributed by atoms with Crippen LogP contribution in [0.3, 0.4) is 0 Å². The van der Waals surface area contributed by atoms with E-state index in [-0.39, 0.29) is 17.5 Å². The Bertz CT molecular complexity index is 576. The lowest BCUT2D eigenvalue weighted by Crippen LogP contribution is -2.27. The third-order valence-corrected chi connectivity index (χ3v) is 4.49. The molecule has 2 aliphatic rings. The number of carbonyl (C=O) groups excluding carboxylic acids is 1. The second kappa shape index (κ2) is 4.85. The summed E-state index contributed by atoms with van der Waals surface area (Å²) in [5.41, 5.74) is -0.332. The Morgan fingerprint density at radius 2 is 2.15 bits per heavy atom. The van der Waals surface area contributed by atoms with Gasteiger partial charge in [0.05, 0.1) is 4.92 Å². The molecule has 1 aromatic carbocycles. The van der Waals surface area contributed by atoms with E-state index in [1.165, 1.54) is 12.5 Å². The van der Waals surface area contributed by atoms with Crippen molar-refractivity contribution in [2.24, 2.45) is 17.8 Å². The summed E-state index contributed by atoms with van der Waals surface area (Å²) in [6.45, 7) is 0. The Labute approximate surface area is 115 Å². The van der Waals surface area contributed by atoms with Crippen molar-refractivity contribution in [2.45, 2.75) is 25.7 Å². The Balaban J connectivity index is 1.73. The van der Waals surface area contributed by atoms with E-state index in [1.54, 1.807) is 0 Å². The maximum atomic E-state index is 13.2. The molecule has 2 fully saturated rings. The van der Waals surface area contributed by atoms with Crippen molar-refractivity contribution in [3.05, 3.63) is 34.1 Å². The van der Waals surface area contributed by atoms with Gasteiger partial charge in [0, 0.05) is 17.7 Å². The fourth-order valence-electron chi connectivity index (χ4n) is 3.53. The molecule has 0 aliphatic heterocycles. The number of nitro benzene ring substituents is 1. The number of hydrogen-bond acceptors (Lipinski definition) is 3. The Morgan fingerprint density at radius 1 is 1.35 bits per heavy atom. The van der Waals surface area contributed by atoms with Crippen LogP contribution in [0.15, 0.2) is 18.2 Å². The molecule has 1 N–H and O–H groups in total. The molecule has 0 saturated heterocycles. The third-order valence-electron chi connectivity index (χ3n) is 4.49. The lowest BCUT2D eigenvalue weighted by molar-refractivity contribution is -0.387. The zero-order valence-corrected chi connectivity index (χ0v) is 10.8. The fraction of sp³-hybridized carbons (Fsp3) is 0.500. The molecule has 0 heterocycles. The molecule has 2 bridgehead atoms. The highest BCUT2D eigenvalue weighted by Crippen LogP contribution is 2.48. The van der Waals surface area contributed by atoms with Crippen molar-refractivity contribution in [2.75, 3.05) is 5.32 Å². The van der Waals surface area contributed by atoms with Crippen LogP contribution in [-0.4, -0.2) is 10.8 Å². The van der Waals surface area contributed by atoms with Gasteiger partial charge in [0.25, 0.3) is 0 Å². The van der Waals surface area contributed by atoms with E-state index < -0.39 is 16.4 Å². The van der Waals surface area contributed by atoms with Gasteiger partial charge in [0.15, 0.2) is 0 Å². The van der Waals surface area contributed by atoms with E-state index in [1.807, 2.05) is 0 Å². The largest absolute Gasteiger partial charge is 0.326 e. The van der Waals surface area contributed by atoms with Crippen molar-refractivity contribution in [1.82, 2.24) is 0 Å². The molecule has 0 spiro atoms. The lowest BCUT2D eigenvalue weighted by atomic mass is 9.88. The van der Waals surface area contributed by atoms with Gasteiger partial charge in [0.1, 0.15) is 0 Å². The van der Waals surface area contributed by atoms with E-state index in [4.69, 9.17) is 0 Å². The number of nitrogens with one attached hydrogen (secondary N) is 1. The van der Waals surface area contributed by atoms with Gasteiger partial charge in [-0.2, -0.15) is 4.39 Å². The average Bonchev–Trinajstić information content (AvgIpc) is 3.03. The molecule has 5 nitrogen and oxygen atoms in total. The Kier molecular flexibility index (Phi) is 3.16. The normalized spacial score (nSPS) is 27.6. The number of carbonyl (C=O) groups is 1. The van der Waals surface area contributed by atoms with Crippen molar-refractivity contribution in [3.8, 4) is 0 Å². The van der Waals surface area contributed by atoms with Gasteiger partial charge in [0.2, 0.25) is 11.7 Å². The number of rotatable bonds is 3. The first-order valence-corrected chi connectivity index (χ1v) is 6.79. The first-order chi connectivity index (χ1) is 9.54. The molecular formula is C14H15FN2O3. The molecule has 3 rings (SSSR count). The molecule has 1 amide bonds. The predicted molar refractivity (Wildman–Crippen MR) is 70.6 cm³/mol. The highest BCUT2D eigenvalue weighted by molar-refractivity contribution is 5.93. The van der Waals surface area contributed by atoms with Crippen LogP contribution in [0.25, 0.3) is 0 Å². The lowest BCUT2D eigenvalue weighted by Gasteiger charge is -2.20. The van der Waals surface area contributed by atoms with Crippen LogP contribution in [0.2, 0.25) is 0 Å². The topological polar surface area (TPSA) is 72.2 Å². The maximum absolute atomic E-state index is 13.2. The third kappa shape index (κ3) is 2.26. The first kappa shape index (κ1) is 13.0. The minimum absolute atomic E-state index is 0.00198. The van der Waals surface area contributed by atoms with Gasteiger partial charge in [-0.15, -0.1) is 0 Å². The van der Waals surface area contributed by atoms with E-state index in [0.717, 1.165) is 31.4 Å². The van der Waals surface area contributed by atoms with Gasteiger partial charge in [-0.05, 0) is 43.2 Å². The number of amides is 1. The van der Waals surface area contributed by atoms with Gasteiger partial charge in [-0.1, -0.05) is 6.42 Å². The van der Waals surface area contributed by atoms with Gasteiger partial charge in [-0.25, -0.2) is 0 Å². The number of nitro groups is 1. The number of anilines is 1. The van der Waals surface area contributed by atoms with Crippen molar-refractivity contribution in [3.63, 3.8) is 0 Å². The van der Waals surface area contributed by atoms with Crippen LogP contribution in [0.4, 0.5) is 15.8 Å². The molecule has 2 saturated carbocycles. The van der Waals surface area contributed by atoms with Crippen LogP contribution in [0.1, 0.15) is 25.7 Å². The molecular weight excluding hydrogens is 263 g/mol. The highest BCUT2D eigenvalue weighted by Gasteiger charge is 2.43. The van der Waals surface area contributed by atoms with Gasteiger partial charge < -0.3 is 5.32 Å². The van der Waals surface area contributed by atoms with E-state index in [2.05, 4.69) is 5.32 Å². The van der Waals surface area contributed by atoms with E-state index in [0.29, 0.717) is 11.8 Å². The molecule has 0 aromatic heterocycles. The molecule has 1 aromatic rings. The van der Waals surface area contributed by atoms with Crippen molar-refractivity contribution < 1.29 is 14.1 Å². The fourth-order valence-corrected chi connectivity index (χ4v) is 3.53. The molecule has 106 valence electrons. The minimum Gasteiger partial charge on any atom is -0.326 e. The van der Waals surface area contributed by atoms with Crippen molar-refractivity contribution >= 4 is 17.3 Å². The monoisotopic (exact) mass is 278 g/mol. The summed E-state index contributed by atoms with van der Waals surface area (Å²) in [5.74, 6) is 0.0950. The summed E-state index contributed by atoms with van der Waals surface area (Å²) in [6, 6.07) is 3.43. The second-order valence-electron chi connectivity index (χ2n) is 5.69. The molecule has 20 heavy (non-hydrogen) atoms. The summed E-state index contributed by atoms with van der Waals surface area (Å²) in [5, 5.41) is 13.4. The SMILES string of the molecule is O=C(Nc1ccc(F)c([N+](=O)[O-])c1)[C@H]1C[C@H]2CC[C@@H]1C2. The zero-order chi connectivity index (χ0) is 14.3. The molecule has 2 aliphatic carbocycles. The number of nitrogens with zero attached hydrogens (tertiary/aromatic N) is 1. The smallest absolute Gasteiger partial charge is 0.306 e. The van der Waals surface area contributed by atoms with Crippen LogP contribution >= 0.6 is 0 Å². The van der Waals surface area contributed by atoms with Crippen LogP contribution in [0.5, 0.6) is 0 Å². The Morgan fingerprint density at radius 3 is 2.75 bits per heavy atom. The van der Waals surface area contributed by atoms with Crippen LogP contribution in [-0.2, 0) is 4.79 Å². The number of benzene rings is 1. The van der Waals surface area contributed by atoms with Crippen LogP contribution in [0, 0.1) is 33.7 Å². The number of hydrogen-bond donors (Lipinski definition) is 1. The summed E-state index contributed by atoms with van der Waals surface area (Å²) >= 11 is 0. The zero-order valence-electron chi connectivity index (χ0n) is 10.8. The average molecular weight is 278 g/mol. The maximum Gasteiger partial charge on any atom is 0.306 e. The summed E-state index contributed by atoms with van der Waals surface area (Å²) in [7, 11) is 0. The molecule has 3 atom stereocenters.